The van der Waals surface area contributed by atoms with Crippen LogP contribution in [0.5, 0.6) is 0 Å². The molecule has 0 radical (unpaired) electrons. The molecule has 5 heteroatoms. The number of carbonyl (C=O) groups is 1. The number of rotatable bonds is 4. The van der Waals surface area contributed by atoms with Crippen LogP contribution in [0.4, 0.5) is 4.39 Å². The predicted octanol–water partition coefficient (Wildman–Crippen LogP) is 5.26. The van der Waals surface area contributed by atoms with Gasteiger partial charge in [-0.05, 0) is 41.9 Å². The Kier molecular flexibility index (Phi) is 5.96. The summed E-state index contributed by atoms with van der Waals surface area (Å²) in [5.74, 6) is -0.221. The van der Waals surface area contributed by atoms with Gasteiger partial charge in [0, 0.05) is 5.92 Å². The molecular weight excluding hydrogens is 338 g/mol. The molecule has 1 aliphatic rings. The third kappa shape index (κ3) is 4.39. The summed E-state index contributed by atoms with van der Waals surface area (Å²) in [6.45, 7) is 6.38. The van der Waals surface area contributed by atoms with Gasteiger partial charge in [-0.15, -0.1) is 0 Å². The molecule has 0 heterocycles. The van der Waals surface area contributed by atoms with Crippen LogP contribution in [0.1, 0.15) is 45.6 Å². The van der Waals surface area contributed by atoms with Crippen LogP contribution in [0.25, 0.3) is 0 Å². The fraction of sp³-hybridized carbons (Fsp3) is 0.611. The number of esters is 1. The van der Waals surface area contributed by atoms with E-state index < -0.39 is 10.8 Å². The molecule has 0 saturated heterocycles. The van der Waals surface area contributed by atoms with Crippen molar-refractivity contribution >= 4 is 29.2 Å². The maximum Gasteiger partial charge on any atom is 0.339 e. The van der Waals surface area contributed by atoms with Gasteiger partial charge in [-0.25, -0.2) is 9.18 Å². The summed E-state index contributed by atoms with van der Waals surface area (Å²) in [5, 5.41) is 0. The van der Waals surface area contributed by atoms with Crippen molar-refractivity contribution in [2.75, 3.05) is 0 Å². The number of ether oxygens (including phenoxy) is 1. The van der Waals surface area contributed by atoms with E-state index in [4.69, 9.17) is 27.9 Å². The van der Waals surface area contributed by atoms with Gasteiger partial charge >= 0.3 is 5.97 Å². The highest BCUT2D eigenvalue weighted by molar-refractivity contribution is 6.52. The van der Waals surface area contributed by atoms with Crippen molar-refractivity contribution in [2.24, 2.45) is 11.8 Å². The van der Waals surface area contributed by atoms with Gasteiger partial charge in [0.25, 0.3) is 0 Å². The maximum atomic E-state index is 13.2. The fourth-order valence-corrected chi connectivity index (χ4v) is 3.68. The van der Waals surface area contributed by atoms with E-state index in [1.807, 2.05) is 0 Å². The summed E-state index contributed by atoms with van der Waals surface area (Å²) in [5.41, 5.74) is 0.792. The lowest BCUT2D eigenvalue weighted by molar-refractivity contribution is -0.154. The number of alkyl halides is 2. The van der Waals surface area contributed by atoms with E-state index >= 15 is 0 Å². The van der Waals surface area contributed by atoms with Gasteiger partial charge in [-0.1, -0.05) is 62.5 Å². The summed E-state index contributed by atoms with van der Waals surface area (Å²) in [6.07, 6.45) is 2.58. The first-order valence-electron chi connectivity index (χ1n) is 7.96. The second kappa shape index (κ2) is 7.40. The number of hydrogen-bond acceptors (Lipinski definition) is 2. The average molecular weight is 361 g/mol. The second-order valence-corrected chi connectivity index (χ2v) is 8.13. The molecule has 0 spiro atoms. The van der Waals surface area contributed by atoms with Crippen LogP contribution in [0.15, 0.2) is 24.3 Å². The van der Waals surface area contributed by atoms with Gasteiger partial charge in [-0.3, -0.25) is 0 Å². The highest BCUT2D eigenvalue weighted by Crippen LogP contribution is 2.43. The molecule has 1 fully saturated rings. The Labute approximate surface area is 147 Å². The molecule has 23 heavy (non-hydrogen) atoms. The number of benzene rings is 1. The van der Waals surface area contributed by atoms with Crippen molar-refractivity contribution in [1.29, 1.82) is 0 Å². The second-order valence-electron chi connectivity index (χ2n) is 7.03. The Hall–Kier alpha value is -0.800. The fourth-order valence-electron chi connectivity index (χ4n) is 3.58. The van der Waals surface area contributed by atoms with Crippen LogP contribution in [0.3, 0.4) is 0 Å². The zero-order valence-electron chi connectivity index (χ0n) is 13.7. The summed E-state index contributed by atoms with van der Waals surface area (Å²) >= 11 is 11.3. The van der Waals surface area contributed by atoms with E-state index in [0.29, 0.717) is 5.92 Å². The molecule has 1 aliphatic carbocycles. The zero-order chi connectivity index (χ0) is 17.2. The van der Waals surface area contributed by atoms with E-state index in [1.165, 1.54) is 12.1 Å². The molecule has 0 amide bonds. The number of carbonyl (C=O) groups excluding carboxylic acids is 1. The van der Waals surface area contributed by atoms with Crippen molar-refractivity contribution < 1.29 is 13.9 Å². The Balaban J connectivity index is 2.25. The zero-order valence-corrected chi connectivity index (χ0v) is 15.2. The predicted molar refractivity (Wildman–Crippen MR) is 91.3 cm³/mol. The summed E-state index contributed by atoms with van der Waals surface area (Å²) in [6, 6.07) is 6.55. The lowest BCUT2D eigenvalue weighted by Crippen LogP contribution is -2.44. The van der Waals surface area contributed by atoms with Crippen molar-refractivity contribution in [3.05, 3.63) is 35.6 Å². The van der Waals surface area contributed by atoms with Gasteiger partial charge in [0.15, 0.2) is 0 Å². The molecule has 1 saturated carbocycles. The molecule has 3 atom stereocenters. The summed E-state index contributed by atoms with van der Waals surface area (Å²) < 4.78 is 18.8. The molecule has 0 unspecified atom stereocenters. The van der Waals surface area contributed by atoms with E-state index in [1.54, 1.807) is 12.1 Å². The normalized spacial score (nSPS) is 25.4. The topological polar surface area (TPSA) is 26.3 Å². The van der Waals surface area contributed by atoms with Crippen molar-refractivity contribution in [3.63, 3.8) is 0 Å². The Bertz CT molecular complexity index is 542. The van der Waals surface area contributed by atoms with Gasteiger partial charge < -0.3 is 4.74 Å². The lowest BCUT2D eigenvalue weighted by atomic mass is 9.64. The lowest BCUT2D eigenvalue weighted by Gasteiger charge is -2.44. The Morgan fingerprint density at radius 1 is 1.26 bits per heavy atom. The third-order valence-corrected chi connectivity index (χ3v) is 5.37. The first kappa shape index (κ1) is 18.5. The first-order valence-corrected chi connectivity index (χ1v) is 8.83. The van der Waals surface area contributed by atoms with Gasteiger partial charge in [0.2, 0.25) is 4.84 Å². The van der Waals surface area contributed by atoms with Gasteiger partial charge in [0.05, 0.1) is 0 Å². The van der Waals surface area contributed by atoms with Gasteiger partial charge in [0.1, 0.15) is 11.9 Å². The highest BCUT2D eigenvalue weighted by Gasteiger charge is 2.42. The van der Waals surface area contributed by atoms with E-state index in [9.17, 15) is 9.18 Å². The largest absolute Gasteiger partial charge is 0.460 e. The number of hydrogen-bond donors (Lipinski definition) is 0. The van der Waals surface area contributed by atoms with Crippen LogP contribution in [-0.4, -0.2) is 16.9 Å². The van der Waals surface area contributed by atoms with Crippen LogP contribution in [0.2, 0.25) is 0 Å². The third-order valence-electron chi connectivity index (χ3n) is 5.01. The average Bonchev–Trinajstić information content (AvgIpc) is 2.47. The molecule has 2 rings (SSSR count). The van der Waals surface area contributed by atoms with E-state index in [2.05, 4.69) is 20.8 Å². The summed E-state index contributed by atoms with van der Waals surface area (Å²) in [4.78, 5) is 10.7. The van der Waals surface area contributed by atoms with Gasteiger partial charge in [-0.2, -0.15) is 0 Å². The molecule has 0 aliphatic heterocycles. The molecule has 0 aromatic heterocycles. The quantitative estimate of drug-likeness (QED) is 0.540. The monoisotopic (exact) mass is 360 g/mol. The minimum atomic E-state index is -1.16. The smallest absolute Gasteiger partial charge is 0.339 e. The van der Waals surface area contributed by atoms with Crippen LogP contribution in [0, 0.1) is 17.7 Å². The molecule has 1 aromatic rings. The summed E-state index contributed by atoms with van der Waals surface area (Å²) in [7, 11) is 0. The SMILES string of the molecule is C[C@@H]1CC[C@@H](C(C)(C)c2ccc(F)cc2)[C@H](OC(=O)C(Cl)Cl)C1. The van der Waals surface area contributed by atoms with E-state index in [0.717, 1.165) is 24.8 Å². The Morgan fingerprint density at radius 3 is 2.43 bits per heavy atom. The minimum Gasteiger partial charge on any atom is -0.460 e. The molecule has 2 nitrogen and oxygen atoms in total. The van der Waals surface area contributed by atoms with Crippen molar-refractivity contribution in [1.82, 2.24) is 0 Å². The highest BCUT2D eigenvalue weighted by atomic mass is 35.5. The molecule has 0 N–H and O–H groups in total. The molecule has 1 aromatic carbocycles. The first-order chi connectivity index (χ1) is 10.7. The Morgan fingerprint density at radius 2 is 1.87 bits per heavy atom. The molecule has 128 valence electrons. The van der Waals surface area contributed by atoms with Crippen LogP contribution < -0.4 is 0 Å². The van der Waals surface area contributed by atoms with E-state index in [-0.39, 0.29) is 23.3 Å². The van der Waals surface area contributed by atoms with Crippen LogP contribution in [-0.2, 0) is 14.9 Å². The maximum absolute atomic E-state index is 13.2. The minimum absolute atomic E-state index is 0.139. The van der Waals surface area contributed by atoms with Crippen LogP contribution >= 0.6 is 23.2 Å². The van der Waals surface area contributed by atoms with Crippen molar-refractivity contribution in [3.8, 4) is 0 Å². The molecular formula is C18H23Cl2FO2. The van der Waals surface area contributed by atoms with Crippen molar-refractivity contribution in [2.45, 2.75) is 56.4 Å². The standard InChI is InChI=1S/C18H23Cl2FO2/c1-11-4-9-14(15(10-11)23-17(22)16(19)20)18(2,3)12-5-7-13(21)8-6-12/h5-8,11,14-16H,4,9-10H2,1-3H3/t11-,14-,15-/m1/s1. The number of halogens is 3. The molecule has 0 bridgehead atoms.